The van der Waals surface area contributed by atoms with Gasteiger partial charge in [-0.3, -0.25) is 9.69 Å². The van der Waals surface area contributed by atoms with Crippen LogP contribution < -0.4 is 20.5 Å². The quantitative estimate of drug-likeness (QED) is 0.813. The lowest BCUT2D eigenvalue weighted by Crippen LogP contribution is -2.48. The van der Waals surface area contributed by atoms with Crippen molar-refractivity contribution < 1.29 is 4.74 Å². The second-order valence-corrected chi connectivity index (χ2v) is 6.26. The van der Waals surface area contributed by atoms with E-state index in [0.29, 0.717) is 5.69 Å². The number of aromatic amines is 1. The molecule has 25 heavy (non-hydrogen) atoms. The van der Waals surface area contributed by atoms with Crippen LogP contribution in [0.15, 0.2) is 35.3 Å². The third kappa shape index (κ3) is 4.43. The molecule has 0 radical (unpaired) electrons. The molecule has 7 nitrogen and oxygen atoms in total. The Labute approximate surface area is 151 Å². The van der Waals surface area contributed by atoms with Gasteiger partial charge < -0.3 is 15.0 Å². The zero-order valence-electron chi connectivity index (χ0n) is 14.2. The first-order chi connectivity index (χ1) is 12.2. The summed E-state index contributed by atoms with van der Waals surface area (Å²) < 4.78 is 5.23. The first-order valence-electron chi connectivity index (χ1n) is 8.26. The van der Waals surface area contributed by atoms with Crippen LogP contribution in [0.4, 0.5) is 11.4 Å². The summed E-state index contributed by atoms with van der Waals surface area (Å²) in [6, 6.07) is 7.92. The third-order valence-corrected chi connectivity index (χ3v) is 4.68. The summed E-state index contributed by atoms with van der Waals surface area (Å²) in [6.07, 6.45) is 1.61. The zero-order chi connectivity index (χ0) is 17.6. The third-order valence-electron chi connectivity index (χ3n) is 4.32. The topological polar surface area (TPSA) is 73.5 Å². The Balaban J connectivity index is 1.46. The van der Waals surface area contributed by atoms with E-state index in [2.05, 4.69) is 25.3 Å². The Kier molecular flexibility index (Phi) is 5.78. The number of ether oxygens (including phenoxy) is 1. The predicted molar refractivity (Wildman–Crippen MR) is 100 cm³/mol. The molecular formula is C17H22ClN5O2. The number of halogens is 1. The first kappa shape index (κ1) is 17.6. The second kappa shape index (κ2) is 8.22. The van der Waals surface area contributed by atoms with Crippen LogP contribution in [0.25, 0.3) is 0 Å². The fourth-order valence-electron chi connectivity index (χ4n) is 2.90. The van der Waals surface area contributed by atoms with Crippen molar-refractivity contribution in [3.63, 3.8) is 0 Å². The van der Waals surface area contributed by atoms with Crippen molar-refractivity contribution in [3.05, 3.63) is 45.8 Å². The summed E-state index contributed by atoms with van der Waals surface area (Å²) in [4.78, 5) is 16.1. The Bertz CT molecular complexity index is 759. The van der Waals surface area contributed by atoms with Gasteiger partial charge in [0.15, 0.2) is 0 Å². The number of nitrogens with zero attached hydrogens (tertiary/aromatic N) is 3. The highest BCUT2D eigenvalue weighted by atomic mass is 35.5. The molecule has 0 amide bonds. The molecule has 0 bridgehead atoms. The van der Waals surface area contributed by atoms with E-state index in [1.54, 1.807) is 13.3 Å². The average Bonchev–Trinajstić information content (AvgIpc) is 2.65. The van der Waals surface area contributed by atoms with Crippen LogP contribution in [-0.2, 0) is 0 Å². The predicted octanol–water partition coefficient (Wildman–Crippen LogP) is 1.67. The lowest BCUT2D eigenvalue weighted by Gasteiger charge is -2.36. The molecule has 0 spiro atoms. The molecule has 0 saturated carbocycles. The molecule has 1 aliphatic heterocycles. The number of rotatable bonds is 6. The number of methoxy groups -OCH3 is 1. The van der Waals surface area contributed by atoms with Crippen molar-refractivity contribution in [3.8, 4) is 5.75 Å². The van der Waals surface area contributed by atoms with E-state index in [9.17, 15) is 4.79 Å². The minimum absolute atomic E-state index is 0.211. The molecule has 0 unspecified atom stereocenters. The molecule has 8 heteroatoms. The molecule has 0 aliphatic carbocycles. The van der Waals surface area contributed by atoms with Gasteiger partial charge in [0.25, 0.3) is 5.56 Å². The maximum absolute atomic E-state index is 11.6. The van der Waals surface area contributed by atoms with Crippen molar-refractivity contribution in [2.24, 2.45) is 0 Å². The molecule has 1 aromatic carbocycles. The average molecular weight is 364 g/mol. The molecule has 2 aromatic rings. The summed E-state index contributed by atoms with van der Waals surface area (Å²) in [5.74, 6) is 0.849. The fraction of sp³-hybridized carbons (Fsp3) is 0.412. The largest absolute Gasteiger partial charge is 0.497 e. The molecule has 1 aliphatic rings. The minimum atomic E-state index is -0.343. The number of hydrogen-bond donors (Lipinski definition) is 2. The smallest absolute Gasteiger partial charge is 0.285 e. The molecule has 1 aromatic heterocycles. The molecule has 3 rings (SSSR count). The summed E-state index contributed by atoms with van der Waals surface area (Å²) in [5.41, 5.74) is 1.42. The van der Waals surface area contributed by atoms with E-state index in [0.717, 1.165) is 50.7 Å². The van der Waals surface area contributed by atoms with Crippen LogP contribution in [0.1, 0.15) is 0 Å². The van der Waals surface area contributed by atoms with E-state index >= 15 is 0 Å². The summed E-state index contributed by atoms with van der Waals surface area (Å²) >= 11 is 6.08. The van der Waals surface area contributed by atoms with Crippen molar-refractivity contribution in [1.82, 2.24) is 15.1 Å². The van der Waals surface area contributed by atoms with Gasteiger partial charge in [0.05, 0.1) is 19.0 Å². The van der Waals surface area contributed by atoms with Gasteiger partial charge in [0.2, 0.25) is 0 Å². The number of piperazine rings is 1. The molecule has 2 heterocycles. The van der Waals surface area contributed by atoms with E-state index in [-0.39, 0.29) is 10.6 Å². The molecule has 0 atom stereocenters. The van der Waals surface area contributed by atoms with Crippen molar-refractivity contribution in [2.45, 2.75) is 0 Å². The number of hydrogen-bond acceptors (Lipinski definition) is 6. The SMILES string of the molecule is COc1cccc(NCCN2CCN(c3cn[nH]c(=O)c3Cl)CC2)c1. The van der Waals surface area contributed by atoms with Crippen molar-refractivity contribution in [2.75, 3.05) is 56.6 Å². The summed E-state index contributed by atoms with van der Waals surface area (Å²) in [5, 5.41) is 9.81. The van der Waals surface area contributed by atoms with Crippen LogP contribution in [0.5, 0.6) is 5.75 Å². The number of aromatic nitrogens is 2. The van der Waals surface area contributed by atoms with Crippen LogP contribution in [-0.4, -0.2) is 61.5 Å². The molecule has 1 saturated heterocycles. The highest BCUT2D eigenvalue weighted by Crippen LogP contribution is 2.21. The molecule has 1 fully saturated rings. The van der Waals surface area contributed by atoms with Crippen LogP contribution >= 0.6 is 11.6 Å². The monoisotopic (exact) mass is 363 g/mol. The van der Waals surface area contributed by atoms with Crippen molar-refractivity contribution in [1.29, 1.82) is 0 Å². The molecular weight excluding hydrogens is 342 g/mol. The Morgan fingerprint density at radius 1 is 1.32 bits per heavy atom. The van der Waals surface area contributed by atoms with Gasteiger partial charge in [-0.1, -0.05) is 17.7 Å². The summed E-state index contributed by atoms with van der Waals surface area (Å²) in [6.45, 7) is 5.30. The Morgan fingerprint density at radius 2 is 2.12 bits per heavy atom. The van der Waals surface area contributed by atoms with Crippen LogP contribution in [0, 0.1) is 0 Å². The normalized spacial score (nSPS) is 15.2. The van der Waals surface area contributed by atoms with Gasteiger partial charge in [-0.25, -0.2) is 5.10 Å². The van der Waals surface area contributed by atoms with E-state index in [4.69, 9.17) is 16.3 Å². The highest BCUT2D eigenvalue weighted by molar-refractivity contribution is 6.32. The van der Waals surface area contributed by atoms with Gasteiger partial charge in [-0.05, 0) is 12.1 Å². The van der Waals surface area contributed by atoms with Gasteiger partial charge in [-0.2, -0.15) is 5.10 Å². The fourth-order valence-corrected chi connectivity index (χ4v) is 3.11. The lowest BCUT2D eigenvalue weighted by molar-refractivity contribution is 0.267. The van der Waals surface area contributed by atoms with E-state index in [1.165, 1.54) is 0 Å². The van der Waals surface area contributed by atoms with Crippen molar-refractivity contribution >= 4 is 23.0 Å². The Morgan fingerprint density at radius 3 is 2.88 bits per heavy atom. The molecule has 134 valence electrons. The van der Waals surface area contributed by atoms with E-state index in [1.807, 2.05) is 24.3 Å². The standard InChI is InChI=1S/C17H22ClN5O2/c1-25-14-4-2-3-13(11-14)19-5-6-22-7-9-23(10-8-22)15-12-20-21-17(24)16(15)18/h2-4,11-12,19H,5-10H2,1H3,(H,21,24). The maximum atomic E-state index is 11.6. The van der Waals surface area contributed by atoms with Crippen LogP contribution in [0.3, 0.4) is 0 Å². The highest BCUT2D eigenvalue weighted by Gasteiger charge is 2.20. The molecule has 2 N–H and O–H groups in total. The summed E-state index contributed by atoms with van der Waals surface area (Å²) in [7, 11) is 1.67. The minimum Gasteiger partial charge on any atom is -0.497 e. The van der Waals surface area contributed by atoms with Gasteiger partial charge in [-0.15, -0.1) is 0 Å². The first-order valence-corrected chi connectivity index (χ1v) is 8.63. The number of benzene rings is 1. The number of nitrogens with one attached hydrogen (secondary N) is 2. The maximum Gasteiger partial charge on any atom is 0.285 e. The van der Waals surface area contributed by atoms with Crippen LogP contribution in [0.2, 0.25) is 5.02 Å². The van der Waals surface area contributed by atoms with E-state index < -0.39 is 0 Å². The van der Waals surface area contributed by atoms with Gasteiger partial charge in [0.1, 0.15) is 10.8 Å². The van der Waals surface area contributed by atoms with Gasteiger partial charge in [0, 0.05) is 51.0 Å². The number of anilines is 2. The number of H-pyrrole nitrogens is 1. The van der Waals surface area contributed by atoms with Gasteiger partial charge >= 0.3 is 0 Å². The second-order valence-electron chi connectivity index (χ2n) is 5.89. The lowest BCUT2D eigenvalue weighted by atomic mass is 10.2. The zero-order valence-corrected chi connectivity index (χ0v) is 14.9. The Hall–Kier alpha value is -2.25.